The summed E-state index contributed by atoms with van der Waals surface area (Å²) < 4.78 is 10.3. The molecule has 3 N–H and O–H groups in total. The topological polar surface area (TPSA) is 88.7 Å². The molecule has 2 aromatic rings. The van der Waals surface area contributed by atoms with Crippen molar-refractivity contribution in [2.24, 2.45) is 0 Å². The van der Waals surface area contributed by atoms with Gasteiger partial charge in [0.2, 0.25) is 5.91 Å². The normalized spacial score (nSPS) is 10.0. The number of anilines is 2. The van der Waals surface area contributed by atoms with Crippen LogP contribution in [0.15, 0.2) is 61.2 Å². The quantitative estimate of drug-likeness (QED) is 0.410. The van der Waals surface area contributed by atoms with Crippen LogP contribution in [-0.4, -0.2) is 45.2 Å². The molecule has 7 heteroatoms. The predicted molar refractivity (Wildman–Crippen MR) is 110 cm³/mol. The standard InChI is InChI=1S/C21H25N3O4/c1-3-12-28-19-9-7-17(8-10-19)23-15-20(25)24-18-6-4-5-16(14-18)21(26)22-11-13-27-2/h3-10,14,23H,1,11-13,15H2,2H3,(H,22,26)(H,24,25). The smallest absolute Gasteiger partial charge is 0.251 e. The van der Waals surface area contributed by atoms with E-state index < -0.39 is 0 Å². The maximum atomic E-state index is 12.2. The number of ether oxygens (including phenoxy) is 2. The van der Waals surface area contributed by atoms with Crippen LogP contribution in [0.3, 0.4) is 0 Å². The van der Waals surface area contributed by atoms with Gasteiger partial charge in [0.15, 0.2) is 0 Å². The molecule has 0 heterocycles. The predicted octanol–water partition coefficient (Wildman–Crippen LogP) is 2.68. The lowest BCUT2D eigenvalue weighted by molar-refractivity contribution is -0.114. The summed E-state index contributed by atoms with van der Waals surface area (Å²) in [5.74, 6) is 0.296. The van der Waals surface area contributed by atoms with E-state index in [1.807, 2.05) is 24.3 Å². The average molecular weight is 383 g/mol. The zero-order chi connectivity index (χ0) is 20.2. The highest BCUT2D eigenvalue weighted by Crippen LogP contribution is 2.16. The molecule has 0 unspecified atom stereocenters. The number of hydrogen-bond acceptors (Lipinski definition) is 5. The number of carbonyl (C=O) groups is 2. The lowest BCUT2D eigenvalue weighted by atomic mass is 10.2. The highest BCUT2D eigenvalue weighted by atomic mass is 16.5. The van der Waals surface area contributed by atoms with E-state index in [9.17, 15) is 9.59 Å². The molecule has 28 heavy (non-hydrogen) atoms. The summed E-state index contributed by atoms with van der Waals surface area (Å²) >= 11 is 0. The maximum absolute atomic E-state index is 12.2. The number of rotatable bonds is 11. The van der Waals surface area contributed by atoms with Crippen molar-refractivity contribution >= 4 is 23.2 Å². The van der Waals surface area contributed by atoms with Gasteiger partial charge in [0, 0.05) is 30.6 Å². The molecule has 0 saturated heterocycles. The fraction of sp³-hybridized carbons (Fsp3) is 0.238. The van der Waals surface area contributed by atoms with E-state index >= 15 is 0 Å². The van der Waals surface area contributed by atoms with E-state index in [0.717, 1.165) is 11.4 Å². The van der Waals surface area contributed by atoms with Gasteiger partial charge in [-0.05, 0) is 42.5 Å². The zero-order valence-electron chi connectivity index (χ0n) is 15.9. The Morgan fingerprint density at radius 2 is 1.89 bits per heavy atom. The summed E-state index contributed by atoms with van der Waals surface area (Å²) in [5, 5.41) is 8.55. The zero-order valence-corrected chi connectivity index (χ0v) is 15.9. The Labute approximate surface area is 164 Å². The fourth-order valence-electron chi connectivity index (χ4n) is 2.32. The van der Waals surface area contributed by atoms with E-state index in [1.54, 1.807) is 37.5 Å². The molecular formula is C21H25N3O4. The molecule has 2 rings (SSSR count). The molecule has 2 amide bonds. The third-order valence-corrected chi connectivity index (χ3v) is 3.68. The van der Waals surface area contributed by atoms with Gasteiger partial charge in [-0.1, -0.05) is 18.7 Å². The Morgan fingerprint density at radius 1 is 1.11 bits per heavy atom. The van der Waals surface area contributed by atoms with Crippen LogP contribution in [0.2, 0.25) is 0 Å². The van der Waals surface area contributed by atoms with Crippen molar-refractivity contribution in [2.45, 2.75) is 0 Å². The van der Waals surface area contributed by atoms with Crippen molar-refractivity contribution in [2.75, 3.05) is 44.0 Å². The van der Waals surface area contributed by atoms with Crippen LogP contribution in [0.1, 0.15) is 10.4 Å². The third-order valence-electron chi connectivity index (χ3n) is 3.68. The van der Waals surface area contributed by atoms with Crippen molar-refractivity contribution < 1.29 is 19.1 Å². The Kier molecular flexibility index (Phi) is 8.55. The first-order chi connectivity index (χ1) is 13.6. The molecule has 0 spiro atoms. The molecule has 0 aliphatic carbocycles. The average Bonchev–Trinajstić information content (AvgIpc) is 2.72. The molecule has 0 atom stereocenters. The Bertz CT molecular complexity index is 790. The van der Waals surface area contributed by atoms with Crippen molar-refractivity contribution in [3.63, 3.8) is 0 Å². The summed E-state index contributed by atoms with van der Waals surface area (Å²) in [6.07, 6.45) is 1.68. The highest BCUT2D eigenvalue weighted by Gasteiger charge is 2.08. The summed E-state index contributed by atoms with van der Waals surface area (Å²) in [6.45, 7) is 5.00. The molecular weight excluding hydrogens is 358 g/mol. The van der Waals surface area contributed by atoms with E-state index in [1.165, 1.54) is 0 Å². The molecule has 148 valence electrons. The second-order valence-corrected chi connectivity index (χ2v) is 5.86. The maximum Gasteiger partial charge on any atom is 0.251 e. The first-order valence-corrected chi connectivity index (χ1v) is 8.87. The van der Waals surface area contributed by atoms with E-state index in [4.69, 9.17) is 9.47 Å². The van der Waals surface area contributed by atoms with Crippen LogP contribution in [0, 0.1) is 0 Å². The molecule has 0 radical (unpaired) electrons. The second kappa shape index (κ2) is 11.4. The minimum absolute atomic E-state index is 0.0944. The van der Waals surface area contributed by atoms with Gasteiger partial charge >= 0.3 is 0 Å². The number of carbonyl (C=O) groups excluding carboxylic acids is 2. The van der Waals surface area contributed by atoms with Crippen molar-refractivity contribution in [3.05, 3.63) is 66.7 Å². The molecule has 0 aromatic heterocycles. The Balaban J connectivity index is 1.83. The summed E-state index contributed by atoms with van der Waals surface area (Å²) in [4.78, 5) is 24.2. The van der Waals surface area contributed by atoms with Gasteiger partial charge in [0.1, 0.15) is 12.4 Å². The summed E-state index contributed by atoms with van der Waals surface area (Å²) in [7, 11) is 1.57. The van der Waals surface area contributed by atoms with Crippen LogP contribution in [0.4, 0.5) is 11.4 Å². The number of methoxy groups -OCH3 is 1. The van der Waals surface area contributed by atoms with Crippen molar-refractivity contribution in [3.8, 4) is 5.75 Å². The van der Waals surface area contributed by atoms with E-state index in [2.05, 4.69) is 22.5 Å². The Morgan fingerprint density at radius 3 is 2.61 bits per heavy atom. The monoisotopic (exact) mass is 383 g/mol. The van der Waals surface area contributed by atoms with Crippen LogP contribution in [0.5, 0.6) is 5.75 Å². The number of benzene rings is 2. The Hall–Kier alpha value is -3.32. The van der Waals surface area contributed by atoms with Gasteiger partial charge in [-0.2, -0.15) is 0 Å². The lowest BCUT2D eigenvalue weighted by Crippen LogP contribution is -2.27. The molecule has 2 aromatic carbocycles. The fourth-order valence-corrected chi connectivity index (χ4v) is 2.32. The number of nitrogens with one attached hydrogen (secondary N) is 3. The minimum Gasteiger partial charge on any atom is -0.490 e. The van der Waals surface area contributed by atoms with Crippen LogP contribution < -0.4 is 20.7 Å². The lowest BCUT2D eigenvalue weighted by Gasteiger charge is -2.10. The summed E-state index contributed by atoms with van der Waals surface area (Å²) in [5.41, 5.74) is 1.82. The van der Waals surface area contributed by atoms with Gasteiger partial charge < -0.3 is 25.4 Å². The van der Waals surface area contributed by atoms with Crippen LogP contribution in [0.25, 0.3) is 0 Å². The van der Waals surface area contributed by atoms with Crippen LogP contribution >= 0.6 is 0 Å². The summed E-state index contributed by atoms with van der Waals surface area (Å²) in [6, 6.07) is 14.1. The molecule has 0 aliphatic rings. The van der Waals surface area contributed by atoms with Gasteiger partial charge in [-0.25, -0.2) is 0 Å². The number of amides is 2. The van der Waals surface area contributed by atoms with Crippen molar-refractivity contribution in [1.29, 1.82) is 0 Å². The molecule has 0 saturated carbocycles. The molecule has 0 aliphatic heterocycles. The largest absolute Gasteiger partial charge is 0.490 e. The SMILES string of the molecule is C=CCOc1ccc(NCC(=O)Nc2cccc(C(=O)NCCOC)c2)cc1. The van der Waals surface area contributed by atoms with Gasteiger partial charge in [0.05, 0.1) is 13.2 Å². The highest BCUT2D eigenvalue weighted by molar-refractivity contribution is 5.98. The van der Waals surface area contributed by atoms with Crippen LogP contribution in [-0.2, 0) is 9.53 Å². The second-order valence-electron chi connectivity index (χ2n) is 5.86. The molecule has 0 bridgehead atoms. The third kappa shape index (κ3) is 7.13. The van der Waals surface area contributed by atoms with Crippen molar-refractivity contribution in [1.82, 2.24) is 5.32 Å². The first-order valence-electron chi connectivity index (χ1n) is 8.87. The molecule has 7 nitrogen and oxygen atoms in total. The molecule has 0 fully saturated rings. The first kappa shape index (κ1) is 21.0. The number of hydrogen-bond donors (Lipinski definition) is 3. The van der Waals surface area contributed by atoms with Gasteiger partial charge in [0.25, 0.3) is 5.91 Å². The van der Waals surface area contributed by atoms with E-state index in [0.29, 0.717) is 31.0 Å². The minimum atomic E-state index is -0.219. The van der Waals surface area contributed by atoms with Gasteiger partial charge in [-0.15, -0.1) is 0 Å². The van der Waals surface area contributed by atoms with Gasteiger partial charge in [-0.3, -0.25) is 9.59 Å². The van der Waals surface area contributed by atoms with E-state index in [-0.39, 0.29) is 18.4 Å².